The number of halogens is 6. The largest absolute Gasteiger partial charge is 0.490 e. The maximum absolute atomic E-state index is 11.8. The van der Waals surface area contributed by atoms with Crippen LogP contribution in [-0.4, -0.2) is 102 Å². The van der Waals surface area contributed by atoms with Crippen molar-refractivity contribution in [2.24, 2.45) is 5.92 Å². The van der Waals surface area contributed by atoms with Gasteiger partial charge in [0.05, 0.1) is 19.0 Å². The predicted octanol–water partition coefficient (Wildman–Crippen LogP) is 1.44. The van der Waals surface area contributed by atoms with E-state index in [-0.39, 0.29) is 12.0 Å². The lowest BCUT2D eigenvalue weighted by Crippen LogP contribution is -2.36. The van der Waals surface area contributed by atoms with Crippen LogP contribution in [0.5, 0.6) is 0 Å². The Morgan fingerprint density at radius 1 is 1.03 bits per heavy atom. The average molecular weight is 539 g/mol. The fourth-order valence-corrected chi connectivity index (χ4v) is 4.00. The molecule has 0 amide bonds. The number of sulfonamides is 1. The van der Waals surface area contributed by atoms with Crippen molar-refractivity contribution in [1.82, 2.24) is 14.2 Å². The van der Waals surface area contributed by atoms with E-state index in [1.54, 1.807) is 16.7 Å². The zero-order valence-electron chi connectivity index (χ0n) is 18.2. The van der Waals surface area contributed by atoms with E-state index in [4.69, 9.17) is 24.5 Å². The van der Waals surface area contributed by atoms with Gasteiger partial charge in [0.15, 0.2) is 0 Å². The van der Waals surface area contributed by atoms with Gasteiger partial charge in [-0.25, -0.2) is 18.0 Å². The molecule has 2 saturated heterocycles. The van der Waals surface area contributed by atoms with E-state index < -0.39 is 34.3 Å². The van der Waals surface area contributed by atoms with Crippen molar-refractivity contribution in [2.45, 2.75) is 25.0 Å². The first-order chi connectivity index (χ1) is 15.9. The Kier molecular flexibility index (Phi) is 10.9. The summed E-state index contributed by atoms with van der Waals surface area (Å²) in [4.78, 5) is 24.1. The van der Waals surface area contributed by atoms with Gasteiger partial charge in [-0.1, -0.05) is 0 Å². The summed E-state index contributed by atoms with van der Waals surface area (Å²) in [6, 6.07) is 4.02. The number of pyridine rings is 1. The van der Waals surface area contributed by atoms with Crippen molar-refractivity contribution in [2.75, 3.05) is 39.0 Å². The van der Waals surface area contributed by atoms with Gasteiger partial charge in [0.25, 0.3) is 0 Å². The first-order valence-electron chi connectivity index (χ1n) is 9.69. The van der Waals surface area contributed by atoms with Crippen molar-refractivity contribution >= 4 is 22.0 Å². The monoisotopic (exact) mass is 539 g/mol. The summed E-state index contributed by atoms with van der Waals surface area (Å²) in [5.74, 6) is -5.26. The van der Waals surface area contributed by atoms with Gasteiger partial charge in [-0.3, -0.25) is 9.88 Å². The number of carboxylic acid groups (broad SMARTS) is 2. The molecule has 35 heavy (non-hydrogen) atoms. The molecule has 17 heteroatoms. The minimum Gasteiger partial charge on any atom is -0.475 e. The second-order valence-electron chi connectivity index (χ2n) is 7.45. The third-order valence-electron chi connectivity index (χ3n) is 4.68. The highest BCUT2D eigenvalue weighted by molar-refractivity contribution is 7.88. The summed E-state index contributed by atoms with van der Waals surface area (Å²) in [7, 11) is -3.14. The standard InChI is InChI=1S/C14H21N3O3S.2C2HF3O2/c1-21(18,19)17-6-7-20-14-11-16(9-13(14)10-17)8-12-2-4-15-5-3-12;2*3-2(4,5)1(6)7/h2-5,13-14H,6-11H2,1H3;2*(H,6,7)/t13-,14-;;/m1../s1. The number of rotatable bonds is 3. The van der Waals surface area contributed by atoms with Gasteiger partial charge >= 0.3 is 24.3 Å². The SMILES string of the molecule is CS(=O)(=O)N1CCO[C@@H]2CN(Cc3ccncc3)C[C@@H]2C1.O=C(O)C(F)(F)F.O=C(O)C(F)(F)F. The van der Waals surface area contributed by atoms with Crippen LogP contribution in [0.2, 0.25) is 0 Å². The van der Waals surface area contributed by atoms with Crippen LogP contribution in [0.1, 0.15) is 5.56 Å². The molecule has 0 saturated carbocycles. The molecule has 0 aliphatic carbocycles. The summed E-state index contributed by atoms with van der Waals surface area (Å²) in [6.45, 7) is 4.12. The highest BCUT2D eigenvalue weighted by Gasteiger charge is 2.39. The fourth-order valence-electron chi connectivity index (χ4n) is 3.13. The van der Waals surface area contributed by atoms with Crippen molar-refractivity contribution in [3.05, 3.63) is 30.1 Å². The normalized spacial score (nSPS) is 21.5. The highest BCUT2D eigenvalue weighted by Crippen LogP contribution is 2.25. The third kappa shape index (κ3) is 11.2. The maximum atomic E-state index is 11.8. The first kappa shape index (κ1) is 30.5. The van der Waals surface area contributed by atoms with E-state index in [9.17, 15) is 34.8 Å². The first-order valence-corrected chi connectivity index (χ1v) is 11.5. The van der Waals surface area contributed by atoms with Crippen molar-refractivity contribution < 1.29 is 59.3 Å². The minimum atomic E-state index is -5.08. The summed E-state index contributed by atoms with van der Waals surface area (Å²) < 4.78 is 94.4. The summed E-state index contributed by atoms with van der Waals surface area (Å²) in [5.41, 5.74) is 1.22. The molecule has 0 bridgehead atoms. The van der Waals surface area contributed by atoms with Gasteiger partial charge in [-0.05, 0) is 17.7 Å². The van der Waals surface area contributed by atoms with Gasteiger partial charge in [0, 0.05) is 51.0 Å². The summed E-state index contributed by atoms with van der Waals surface area (Å²) >= 11 is 0. The van der Waals surface area contributed by atoms with Crippen molar-refractivity contribution in [1.29, 1.82) is 0 Å². The number of likely N-dealkylation sites (tertiary alicyclic amines) is 1. The van der Waals surface area contributed by atoms with Gasteiger partial charge in [-0.2, -0.15) is 30.6 Å². The highest BCUT2D eigenvalue weighted by atomic mass is 32.2. The van der Waals surface area contributed by atoms with Crippen LogP contribution in [0.15, 0.2) is 24.5 Å². The smallest absolute Gasteiger partial charge is 0.475 e. The molecule has 0 unspecified atom stereocenters. The molecule has 2 atom stereocenters. The zero-order valence-corrected chi connectivity index (χ0v) is 19.0. The number of carboxylic acids is 2. The molecule has 0 aromatic carbocycles. The Balaban J connectivity index is 0.000000362. The number of nitrogens with zero attached hydrogens (tertiary/aromatic N) is 3. The van der Waals surface area contributed by atoms with Gasteiger partial charge in [0.2, 0.25) is 10.0 Å². The van der Waals surface area contributed by atoms with Gasteiger partial charge in [-0.15, -0.1) is 0 Å². The van der Waals surface area contributed by atoms with Crippen molar-refractivity contribution in [3.63, 3.8) is 0 Å². The molecular weight excluding hydrogens is 516 g/mol. The maximum Gasteiger partial charge on any atom is 0.490 e. The molecule has 2 aliphatic rings. The average Bonchev–Trinajstić information content (AvgIpc) is 2.96. The van der Waals surface area contributed by atoms with Crippen LogP contribution in [0, 0.1) is 5.92 Å². The van der Waals surface area contributed by atoms with Crippen LogP contribution in [-0.2, 0) is 30.9 Å². The molecule has 2 N–H and O–H groups in total. The molecule has 2 aliphatic heterocycles. The second-order valence-corrected chi connectivity index (χ2v) is 9.43. The Morgan fingerprint density at radius 3 is 1.94 bits per heavy atom. The number of hydrogen-bond donors (Lipinski definition) is 2. The number of alkyl halides is 6. The molecule has 0 spiro atoms. The Morgan fingerprint density at radius 2 is 1.51 bits per heavy atom. The zero-order chi connectivity index (χ0) is 27.0. The third-order valence-corrected chi connectivity index (χ3v) is 5.95. The van der Waals surface area contributed by atoms with Crippen LogP contribution >= 0.6 is 0 Å². The summed E-state index contributed by atoms with van der Waals surface area (Å²) in [5, 5.41) is 14.2. The molecular formula is C18H23F6N3O7S. The molecule has 1 aromatic heterocycles. The second kappa shape index (κ2) is 12.5. The lowest BCUT2D eigenvalue weighted by atomic mass is 10.1. The van der Waals surface area contributed by atoms with E-state index >= 15 is 0 Å². The number of hydrogen-bond acceptors (Lipinski definition) is 7. The predicted molar refractivity (Wildman–Crippen MR) is 107 cm³/mol. The molecule has 3 heterocycles. The number of ether oxygens (including phenoxy) is 1. The molecule has 2 fully saturated rings. The quantitative estimate of drug-likeness (QED) is 0.547. The molecule has 1 aromatic rings. The van der Waals surface area contributed by atoms with Crippen LogP contribution in [0.4, 0.5) is 26.3 Å². The van der Waals surface area contributed by atoms with Gasteiger partial charge in [0.1, 0.15) is 0 Å². The van der Waals surface area contributed by atoms with E-state index in [2.05, 4.69) is 9.88 Å². The Labute approximate surface area is 196 Å². The molecule has 0 radical (unpaired) electrons. The number of carbonyl (C=O) groups is 2. The van der Waals surface area contributed by atoms with Crippen LogP contribution in [0.3, 0.4) is 0 Å². The Hall–Kier alpha value is -2.50. The van der Waals surface area contributed by atoms with E-state index in [0.717, 1.165) is 19.6 Å². The van der Waals surface area contributed by atoms with E-state index in [0.29, 0.717) is 19.7 Å². The number of aliphatic carboxylic acids is 2. The number of aromatic nitrogens is 1. The minimum absolute atomic E-state index is 0.138. The van der Waals surface area contributed by atoms with Crippen LogP contribution in [0.25, 0.3) is 0 Å². The van der Waals surface area contributed by atoms with Crippen molar-refractivity contribution in [3.8, 4) is 0 Å². The van der Waals surface area contributed by atoms with Gasteiger partial charge < -0.3 is 14.9 Å². The lowest BCUT2D eigenvalue weighted by molar-refractivity contribution is -0.193. The molecule has 200 valence electrons. The van der Waals surface area contributed by atoms with E-state index in [1.807, 2.05) is 12.1 Å². The number of fused-ring (bicyclic) bond motifs is 1. The van der Waals surface area contributed by atoms with Crippen LogP contribution < -0.4 is 0 Å². The fraction of sp³-hybridized carbons (Fsp3) is 0.611. The lowest BCUT2D eigenvalue weighted by Gasteiger charge is -2.21. The summed E-state index contributed by atoms with van der Waals surface area (Å²) in [6.07, 6.45) is -5.16. The molecule has 10 nitrogen and oxygen atoms in total. The molecule has 3 rings (SSSR count). The topological polar surface area (TPSA) is 137 Å². The van der Waals surface area contributed by atoms with E-state index in [1.165, 1.54) is 11.8 Å². The Bertz CT molecular complexity index is 920.